The number of aromatic nitrogens is 4. The molecule has 3 atom stereocenters. The van der Waals surface area contributed by atoms with E-state index in [1.807, 2.05) is 21.8 Å². The summed E-state index contributed by atoms with van der Waals surface area (Å²) in [5.41, 5.74) is 2.35. The molecule has 1 saturated heterocycles. The second kappa shape index (κ2) is 7.65. The van der Waals surface area contributed by atoms with Crippen molar-refractivity contribution in [1.82, 2.24) is 24.5 Å². The molecule has 29 heavy (non-hydrogen) atoms. The molecule has 3 aliphatic heterocycles. The summed E-state index contributed by atoms with van der Waals surface area (Å²) in [5.74, 6) is 2.49. The maximum absolute atomic E-state index is 6.03. The van der Waals surface area contributed by atoms with Crippen LogP contribution in [0.2, 0.25) is 0 Å². The first kappa shape index (κ1) is 18.9. The lowest BCUT2D eigenvalue weighted by atomic mass is 10.0. The van der Waals surface area contributed by atoms with E-state index < -0.39 is 0 Å². The standard InChI is InChI=1S/C21H31N5O3/c1-14(2)29-19-11-26-21(28-13-19)17(8-23-26)6-16-4-5-24(9-16)18-10-25-20(27-12-18)15(3)7-22-25/h7-8,14,16,18-19H,4-6,9-13H2,1-3H3. The molecule has 0 radical (unpaired) electrons. The van der Waals surface area contributed by atoms with Crippen LogP contribution in [0.4, 0.5) is 0 Å². The number of nitrogens with zero attached hydrogens (tertiary/aromatic N) is 5. The van der Waals surface area contributed by atoms with Gasteiger partial charge in [0.15, 0.2) is 0 Å². The van der Waals surface area contributed by atoms with Crippen molar-refractivity contribution in [2.45, 2.75) is 65.0 Å². The zero-order valence-corrected chi connectivity index (χ0v) is 17.6. The van der Waals surface area contributed by atoms with Crippen LogP contribution in [0, 0.1) is 12.8 Å². The molecule has 3 unspecified atom stereocenters. The highest BCUT2D eigenvalue weighted by Gasteiger charge is 2.33. The van der Waals surface area contributed by atoms with Gasteiger partial charge in [-0.2, -0.15) is 10.2 Å². The second-order valence-corrected chi connectivity index (χ2v) is 8.91. The smallest absolute Gasteiger partial charge is 0.215 e. The lowest BCUT2D eigenvalue weighted by Gasteiger charge is -2.32. The van der Waals surface area contributed by atoms with Crippen molar-refractivity contribution in [2.24, 2.45) is 5.92 Å². The van der Waals surface area contributed by atoms with Crippen LogP contribution in [0.3, 0.4) is 0 Å². The van der Waals surface area contributed by atoms with Crippen molar-refractivity contribution in [3.8, 4) is 11.8 Å². The maximum atomic E-state index is 6.03. The van der Waals surface area contributed by atoms with Crippen LogP contribution >= 0.6 is 0 Å². The fourth-order valence-corrected chi connectivity index (χ4v) is 4.84. The number of likely N-dealkylation sites (tertiary alicyclic amines) is 1. The third-order valence-electron chi connectivity index (χ3n) is 6.21. The van der Waals surface area contributed by atoms with Gasteiger partial charge in [0.1, 0.15) is 19.3 Å². The van der Waals surface area contributed by atoms with E-state index in [0.29, 0.717) is 18.6 Å². The van der Waals surface area contributed by atoms with Gasteiger partial charge in [0, 0.05) is 17.7 Å². The Morgan fingerprint density at radius 1 is 1.07 bits per heavy atom. The summed E-state index contributed by atoms with van der Waals surface area (Å²) in [4.78, 5) is 2.56. The molecule has 0 N–H and O–H groups in total. The molecule has 0 amide bonds. The number of hydrogen-bond acceptors (Lipinski definition) is 6. The zero-order valence-electron chi connectivity index (χ0n) is 17.6. The van der Waals surface area contributed by atoms with Gasteiger partial charge in [0.25, 0.3) is 0 Å². The molecule has 0 bridgehead atoms. The fraction of sp³-hybridized carbons (Fsp3) is 0.714. The Morgan fingerprint density at radius 2 is 1.86 bits per heavy atom. The lowest BCUT2D eigenvalue weighted by molar-refractivity contribution is -0.0439. The molecule has 5 rings (SSSR count). The second-order valence-electron chi connectivity index (χ2n) is 8.91. The molecule has 1 fully saturated rings. The van der Waals surface area contributed by atoms with E-state index >= 15 is 0 Å². The third kappa shape index (κ3) is 3.75. The summed E-state index contributed by atoms with van der Waals surface area (Å²) in [6.07, 6.45) is 6.38. The van der Waals surface area contributed by atoms with Gasteiger partial charge >= 0.3 is 0 Å². The van der Waals surface area contributed by atoms with E-state index in [9.17, 15) is 0 Å². The topological polar surface area (TPSA) is 66.6 Å². The van der Waals surface area contributed by atoms with E-state index in [1.165, 1.54) is 12.0 Å². The van der Waals surface area contributed by atoms with Crippen LogP contribution in [0.1, 0.15) is 31.4 Å². The molecular weight excluding hydrogens is 370 g/mol. The number of hydrogen-bond donors (Lipinski definition) is 0. The summed E-state index contributed by atoms with van der Waals surface area (Å²) in [7, 11) is 0. The van der Waals surface area contributed by atoms with Crippen molar-refractivity contribution in [3.63, 3.8) is 0 Å². The lowest BCUT2D eigenvalue weighted by Crippen LogP contribution is -2.44. The van der Waals surface area contributed by atoms with Gasteiger partial charge in [0.05, 0.1) is 37.6 Å². The van der Waals surface area contributed by atoms with Gasteiger partial charge in [0.2, 0.25) is 11.8 Å². The number of rotatable bonds is 5. The Labute approximate surface area is 171 Å². The summed E-state index contributed by atoms with van der Waals surface area (Å²) in [6.45, 7) is 11.4. The monoisotopic (exact) mass is 401 g/mol. The van der Waals surface area contributed by atoms with E-state index in [4.69, 9.17) is 14.2 Å². The summed E-state index contributed by atoms with van der Waals surface area (Å²) >= 11 is 0. The fourth-order valence-electron chi connectivity index (χ4n) is 4.84. The Bertz CT molecular complexity index is 861. The summed E-state index contributed by atoms with van der Waals surface area (Å²) in [5, 5.41) is 9.02. The average molecular weight is 402 g/mol. The first-order valence-corrected chi connectivity index (χ1v) is 10.8. The van der Waals surface area contributed by atoms with Crippen LogP contribution in [0.15, 0.2) is 12.4 Å². The largest absolute Gasteiger partial charge is 0.476 e. The minimum Gasteiger partial charge on any atom is -0.476 e. The number of aryl methyl sites for hydroxylation is 1. The van der Waals surface area contributed by atoms with Gasteiger partial charge in [-0.1, -0.05) is 0 Å². The van der Waals surface area contributed by atoms with Crippen LogP contribution < -0.4 is 9.47 Å². The highest BCUT2D eigenvalue weighted by atomic mass is 16.5. The van der Waals surface area contributed by atoms with Crippen molar-refractivity contribution in [1.29, 1.82) is 0 Å². The molecule has 158 valence electrons. The minimum absolute atomic E-state index is 0.0827. The van der Waals surface area contributed by atoms with Crippen LogP contribution in [0.5, 0.6) is 11.8 Å². The Kier molecular flexibility index (Phi) is 4.99. The minimum atomic E-state index is 0.0827. The van der Waals surface area contributed by atoms with Gasteiger partial charge in [-0.05, 0) is 46.1 Å². The maximum Gasteiger partial charge on any atom is 0.215 e. The summed E-state index contributed by atoms with van der Waals surface area (Å²) < 4.78 is 21.9. The van der Waals surface area contributed by atoms with Gasteiger partial charge in [-0.15, -0.1) is 0 Å². The van der Waals surface area contributed by atoms with Crippen LogP contribution in [-0.2, 0) is 24.2 Å². The van der Waals surface area contributed by atoms with E-state index in [0.717, 1.165) is 56.5 Å². The van der Waals surface area contributed by atoms with Crippen molar-refractivity contribution in [3.05, 3.63) is 23.5 Å². The number of ether oxygens (including phenoxy) is 3. The first-order valence-electron chi connectivity index (χ1n) is 10.8. The van der Waals surface area contributed by atoms with Gasteiger partial charge < -0.3 is 14.2 Å². The van der Waals surface area contributed by atoms with E-state index in [2.05, 4.69) is 35.9 Å². The average Bonchev–Trinajstić information content (AvgIpc) is 3.41. The van der Waals surface area contributed by atoms with Crippen LogP contribution in [0.25, 0.3) is 0 Å². The van der Waals surface area contributed by atoms with Crippen molar-refractivity contribution >= 4 is 0 Å². The molecule has 8 heteroatoms. The van der Waals surface area contributed by atoms with Crippen molar-refractivity contribution < 1.29 is 14.2 Å². The van der Waals surface area contributed by atoms with E-state index in [-0.39, 0.29) is 12.2 Å². The Hall–Kier alpha value is -2.06. The van der Waals surface area contributed by atoms with Crippen LogP contribution in [-0.4, -0.2) is 69.0 Å². The molecule has 2 aromatic rings. The highest BCUT2D eigenvalue weighted by molar-refractivity contribution is 5.26. The number of fused-ring (bicyclic) bond motifs is 2. The predicted molar refractivity (Wildman–Crippen MR) is 107 cm³/mol. The Morgan fingerprint density at radius 3 is 2.72 bits per heavy atom. The molecule has 5 heterocycles. The molecule has 3 aliphatic rings. The SMILES string of the molecule is Cc1cnn2c1OCC(N1CCC(Cc3cnn4c3OCC(OC(C)C)C4)C1)C2. The molecule has 0 aromatic carbocycles. The normalized spacial score (nSPS) is 26.8. The highest BCUT2D eigenvalue weighted by Crippen LogP contribution is 2.31. The van der Waals surface area contributed by atoms with Gasteiger partial charge in [-0.3, -0.25) is 4.90 Å². The molecule has 0 saturated carbocycles. The first-order chi connectivity index (χ1) is 14.1. The summed E-state index contributed by atoms with van der Waals surface area (Å²) in [6, 6.07) is 0.401. The molecule has 8 nitrogen and oxygen atoms in total. The molecular formula is C21H31N5O3. The molecule has 0 aliphatic carbocycles. The Balaban J connectivity index is 1.18. The van der Waals surface area contributed by atoms with Crippen molar-refractivity contribution in [2.75, 3.05) is 26.3 Å². The van der Waals surface area contributed by atoms with E-state index in [1.54, 1.807) is 0 Å². The van der Waals surface area contributed by atoms with Gasteiger partial charge in [-0.25, -0.2) is 9.36 Å². The molecule has 0 spiro atoms. The zero-order chi connectivity index (χ0) is 20.0. The molecule has 2 aromatic heterocycles. The third-order valence-corrected chi connectivity index (χ3v) is 6.21. The quantitative estimate of drug-likeness (QED) is 0.762. The predicted octanol–water partition coefficient (Wildman–Crippen LogP) is 1.90.